The average Bonchev–Trinajstić information content (AvgIpc) is 2.93. The largest absolute Gasteiger partial charge is 0.491 e. The van der Waals surface area contributed by atoms with Gasteiger partial charge in [-0.25, -0.2) is 14.0 Å². The van der Waals surface area contributed by atoms with Gasteiger partial charge in [0.1, 0.15) is 18.2 Å². The van der Waals surface area contributed by atoms with E-state index in [0.717, 1.165) is 11.1 Å². The number of amides is 2. The third kappa shape index (κ3) is 4.02. The molecule has 1 N–H and O–H groups in total. The third-order valence-corrected chi connectivity index (χ3v) is 5.21. The van der Waals surface area contributed by atoms with E-state index in [-0.39, 0.29) is 30.6 Å². The summed E-state index contributed by atoms with van der Waals surface area (Å²) in [5.74, 6) is -0.963. The summed E-state index contributed by atoms with van der Waals surface area (Å²) in [5, 5.41) is 9.25. The second-order valence-electron chi connectivity index (χ2n) is 7.02. The normalized spacial score (nSPS) is 19.1. The van der Waals surface area contributed by atoms with E-state index in [0.29, 0.717) is 32.1 Å². The van der Waals surface area contributed by atoms with Crippen LogP contribution in [0.3, 0.4) is 0 Å². The molecule has 0 unspecified atom stereocenters. The van der Waals surface area contributed by atoms with E-state index in [1.807, 2.05) is 0 Å². The topological polar surface area (TPSA) is 79.3 Å². The lowest BCUT2D eigenvalue weighted by Crippen LogP contribution is -2.49. The van der Waals surface area contributed by atoms with Crippen LogP contribution in [-0.4, -0.2) is 59.8 Å². The van der Waals surface area contributed by atoms with Gasteiger partial charge in [0.25, 0.3) is 0 Å². The highest BCUT2D eigenvalue weighted by Crippen LogP contribution is 2.33. The number of hydrogen-bond acceptors (Lipinski definition) is 4. The van der Waals surface area contributed by atoms with Gasteiger partial charge in [0, 0.05) is 18.7 Å². The fourth-order valence-corrected chi connectivity index (χ4v) is 3.60. The molecular weight excluding hydrogens is 379 g/mol. The molecule has 2 aromatic rings. The minimum atomic E-state index is -1.04. The molecule has 1 saturated heterocycles. The zero-order valence-corrected chi connectivity index (χ0v) is 15.7. The molecule has 0 bridgehead atoms. The Kier molecular flexibility index (Phi) is 5.35. The fourth-order valence-electron chi connectivity index (χ4n) is 3.60. The molecule has 0 aliphatic carbocycles. The first-order valence-corrected chi connectivity index (χ1v) is 9.40. The summed E-state index contributed by atoms with van der Waals surface area (Å²) in [6, 6.07) is 10.0. The van der Waals surface area contributed by atoms with Crippen LogP contribution in [0.4, 0.5) is 9.18 Å². The molecule has 2 heterocycles. The molecule has 152 valence electrons. The zero-order valence-electron chi connectivity index (χ0n) is 15.7. The molecule has 29 heavy (non-hydrogen) atoms. The molecule has 2 aliphatic rings. The van der Waals surface area contributed by atoms with Crippen molar-refractivity contribution in [3.63, 3.8) is 0 Å². The molecule has 1 fully saturated rings. The Morgan fingerprint density at radius 1 is 1.07 bits per heavy atom. The Bertz CT molecular complexity index is 912. The second-order valence-corrected chi connectivity index (χ2v) is 7.02. The van der Waals surface area contributed by atoms with E-state index in [4.69, 9.17) is 9.47 Å². The molecule has 0 spiro atoms. The van der Waals surface area contributed by atoms with Crippen LogP contribution in [0.5, 0.6) is 5.75 Å². The number of nitrogens with zero attached hydrogens (tertiary/aromatic N) is 2. The van der Waals surface area contributed by atoms with Crippen LogP contribution in [0.2, 0.25) is 0 Å². The molecule has 0 aromatic heterocycles. The predicted octanol–water partition coefficient (Wildman–Crippen LogP) is 2.91. The SMILES string of the molecule is O=C(O)c1ccc2c(c1)OC[C@H](c1ccc(F)cc1)N(C(=O)N1CCOCC1)C2. The van der Waals surface area contributed by atoms with Crippen molar-refractivity contribution in [1.29, 1.82) is 0 Å². The second kappa shape index (κ2) is 8.08. The monoisotopic (exact) mass is 400 g/mol. The Labute approximate surface area is 167 Å². The van der Waals surface area contributed by atoms with Gasteiger partial charge < -0.3 is 24.4 Å². The van der Waals surface area contributed by atoms with Gasteiger partial charge in [-0.2, -0.15) is 0 Å². The molecular formula is C21H21FN2O5. The Hall–Kier alpha value is -3.13. The lowest BCUT2D eigenvalue weighted by molar-refractivity contribution is 0.0362. The van der Waals surface area contributed by atoms with Gasteiger partial charge in [0.15, 0.2) is 0 Å². The highest BCUT2D eigenvalue weighted by molar-refractivity contribution is 5.88. The number of carbonyl (C=O) groups is 2. The van der Waals surface area contributed by atoms with Gasteiger partial charge in [-0.3, -0.25) is 0 Å². The number of urea groups is 1. The Morgan fingerprint density at radius 3 is 2.48 bits per heavy atom. The van der Waals surface area contributed by atoms with E-state index in [1.165, 1.54) is 24.3 Å². The van der Waals surface area contributed by atoms with Crippen molar-refractivity contribution in [1.82, 2.24) is 9.80 Å². The van der Waals surface area contributed by atoms with E-state index in [1.54, 1.807) is 28.0 Å². The van der Waals surface area contributed by atoms with Crippen molar-refractivity contribution in [2.45, 2.75) is 12.6 Å². The maximum atomic E-state index is 13.4. The first-order chi connectivity index (χ1) is 14.0. The number of aromatic carboxylic acids is 1. The van der Waals surface area contributed by atoms with Crippen molar-refractivity contribution >= 4 is 12.0 Å². The summed E-state index contributed by atoms with van der Waals surface area (Å²) in [4.78, 5) is 28.0. The van der Waals surface area contributed by atoms with Gasteiger partial charge >= 0.3 is 12.0 Å². The molecule has 4 rings (SSSR count). The third-order valence-electron chi connectivity index (χ3n) is 5.21. The van der Waals surface area contributed by atoms with Crippen LogP contribution in [-0.2, 0) is 11.3 Å². The predicted molar refractivity (Wildman–Crippen MR) is 101 cm³/mol. The lowest BCUT2D eigenvalue weighted by Gasteiger charge is -2.36. The summed E-state index contributed by atoms with van der Waals surface area (Å²) < 4.78 is 24.7. The number of halogens is 1. The molecule has 2 aliphatic heterocycles. The van der Waals surface area contributed by atoms with Crippen molar-refractivity contribution < 1.29 is 28.6 Å². The summed E-state index contributed by atoms with van der Waals surface area (Å²) >= 11 is 0. The molecule has 2 amide bonds. The van der Waals surface area contributed by atoms with E-state index in [9.17, 15) is 19.1 Å². The van der Waals surface area contributed by atoms with Crippen LogP contribution in [0.25, 0.3) is 0 Å². The van der Waals surface area contributed by atoms with Gasteiger partial charge in [0.05, 0.1) is 31.4 Å². The summed E-state index contributed by atoms with van der Waals surface area (Å²) in [5.41, 5.74) is 1.59. The van der Waals surface area contributed by atoms with Crippen LogP contribution in [0.15, 0.2) is 42.5 Å². The lowest BCUT2D eigenvalue weighted by atomic mass is 10.1. The number of morpholine rings is 1. The smallest absolute Gasteiger partial charge is 0.335 e. The number of carboxylic acids is 1. The quantitative estimate of drug-likeness (QED) is 0.839. The number of fused-ring (bicyclic) bond motifs is 1. The molecule has 1 atom stereocenters. The fraction of sp³-hybridized carbons (Fsp3) is 0.333. The van der Waals surface area contributed by atoms with Crippen LogP contribution in [0, 0.1) is 5.82 Å². The van der Waals surface area contributed by atoms with Gasteiger partial charge in [0.2, 0.25) is 0 Å². The minimum Gasteiger partial charge on any atom is -0.491 e. The molecule has 2 aromatic carbocycles. The highest BCUT2D eigenvalue weighted by atomic mass is 19.1. The highest BCUT2D eigenvalue weighted by Gasteiger charge is 2.33. The summed E-state index contributed by atoms with van der Waals surface area (Å²) in [6.07, 6.45) is 0. The van der Waals surface area contributed by atoms with Gasteiger partial charge in [-0.05, 0) is 29.8 Å². The van der Waals surface area contributed by atoms with Crippen molar-refractivity contribution in [2.24, 2.45) is 0 Å². The number of carbonyl (C=O) groups excluding carboxylic acids is 1. The Balaban J connectivity index is 1.69. The van der Waals surface area contributed by atoms with Gasteiger partial charge in [-0.1, -0.05) is 18.2 Å². The number of hydrogen-bond donors (Lipinski definition) is 1. The van der Waals surface area contributed by atoms with Crippen LogP contribution < -0.4 is 4.74 Å². The molecule has 0 radical (unpaired) electrons. The zero-order chi connectivity index (χ0) is 20.4. The average molecular weight is 400 g/mol. The molecule has 8 heteroatoms. The molecule has 7 nitrogen and oxygen atoms in total. The van der Waals surface area contributed by atoms with E-state index in [2.05, 4.69) is 0 Å². The van der Waals surface area contributed by atoms with Gasteiger partial charge in [-0.15, -0.1) is 0 Å². The van der Waals surface area contributed by atoms with E-state index < -0.39 is 12.0 Å². The van der Waals surface area contributed by atoms with Crippen LogP contribution >= 0.6 is 0 Å². The number of benzene rings is 2. The first-order valence-electron chi connectivity index (χ1n) is 9.40. The number of ether oxygens (including phenoxy) is 2. The Morgan fingerprint density at radius 2 is 1.79 bits per heavy atom. The van der Waals surface area contributed by atoms with Crippen molar-refractivity contribution in [3.05, 3.63) is 65.0 Å². The van der Waals surface area contributed by atoms with Crippen molar-refractivity contribution in [2.75, 3.05) is 32.9 Å². The number of rotatable bonds is 2. The first kappa shape index (κ1) is 19.2. The summed E-state index contributed by atoms with van der Waals surface area (Å²) in [7, 11) is 0. The standard InChI is InChI=1S/C21H21FN2O5/c22-17-5-3-14(4-6-17)18-13-29-19-11-15(20(25)26)1-2-16(19)12-24(18)21(27)23-7-9-28-10-8-23/h1-6,11,18H,7-10,12-13H2,(H,25,26)/t18-/m1/s1. The van der Waals surface area contributed by atoms with E-state index >= 15 is 0 Å². The maximum Gasteiger partial charge on any atom is 0.335 e. The summed E-state index contributed by atoms with van der Waals surface area (Å²) in [6.45, 7) is 2.35. The molecule has 0 saturated carbocycles. The van der Waals surface area contributed by atoms with Crippen LogP contribution in [0.1, 0.15) is 27.5 Å². The van der Waals surface area contributed by atoms with Crippen molar-refractivity contribution in [3.8, 4) is 5.75 Å². The maximum absolute atomic E-state index is 13.4. The minimum absolute atomic E-state index is 0.120. The number of carboxylic acid groups (broad SMARTS) is 1.